The second kappa shape index (κ2) is 9.61. The fraction of sp³-hybridized carbons (Fsp3) is 0.571. The minimum absolute atomic E-state index is 0.0178. The molecule has 0 aliphatic heterocycles. The number of benzene rings is 1. The third kappa shape index (κ3) is 5.92. The molecule has 0 aliphatic rings. The second-order valence-corrected chi connectivity index (χ2v) is 4.04. The van der Waals surface area contributed by atoms with Crippen molar-refractivity contribution in [2.45, 2.75) is 19.9 Å². The lowest BCUT2D eigenvalue weighted by molar-refractivity contribution is 0.194. The summed E-state index contributed by atoms with van der Waals surface area (Å²) in [6.45, 7) is 4.43. The van der Waals surface area contributed by atoms with E-state index in [2.05, 4.69) is 5.32 Å². The molecule has 0 radical (unpaired) electrons. The van der Waals surface area contributed by atoms with Crippen LogP contribution in [0.2, 0.25) is 0 Å². The predicted molar refractivity (Wildman–Crippen MR) is 73.6 cm³/mol. The van der Waals surface area contributed by atoms with E-state index in [4.69, 9.17) is 19.7 Å². The number of ether oxygens (including phenoxy) is 2. The van der Waals surface area contributed by atoms with Gasteiger partial charge in [-0.1, -0.05) is 6.07 Å². The molecule has 0 unspecified atom stereocenters. The van der Waals surface area contributed by atoms with Crippen LogP contribution in [-0.2, 0) is 6.54 Å². The number of hydrogen-bond acceptors (Lipinski definition) is 5. The van der Waals surface area contributed by atoms with Crippen LogP contribution in [0.1, 0.15) is 18.9 Å². The van der Waals surface area contributed by atoms with E-state index < -0.39 is 0 Å². The SMILES string of the molecule is CCOc1cc(CNCCCO)ccc1OCCO. The number of aliphatic hydroxyl groups is 2. The highest BCUT2D eigenvalue weighted by atomic mass is 16.5. The highest BCUT2D eigenvalue weighted by Gasteiger charge is 2.06. The molecule has 3 N–H and O–H groups in total. The molecule has 0 heterocycles. The first kappa shape index (κ1) is 15.8. The van der Waals surface area contributed by atoms with E-state index in [-0.39, 0.29) is 19.8 Å². The fourth-order valence-electron chi connectivity index (χ4n) is 1.64. The maximum absolute atomic E-state index is 8.77. The normalized spacial score (nSPS) is 10.5. The number of rotatable bonds is 10. The van der Waals surface area contributed by atoms with Gasteiger partial charge in [-0.3, -0.25) is 0 Å². The molecule has 108 valence electrons. The maximum Gasteiger partial charge on any atom is 0.161 e. The lowest BCUT2D eigenvalue weighted by atomic mass is 10.2. The zero-order valence-electron chi connectivity index (χ0n) is 11.4. The molecule has 1 aromatic rings. The van der Waals surface area contributed by atoms with Crippen LogP contribution >= 0.6 is 0 Å². The van der Waals surface area contributed by atoms with Gasteiger partial charge in [-0.25, -0.2) is 0 Å². The highest BCUT2D eigenvalue weighted by Crippen LogP contribution is 2.28. The van der Waals surface area contributed by atoms with Crippen LogP contribution < -0.4 is 14.8 Å². The van der Waals surface area contributed by atoms with Crippen LogP contribution in [0.4, 0.5) is 0 Å². The lowest BCUT2D eigenvalue weighted by Crippen LogP contribution is -2.15. The molecule has 1 aromatic carbocycles. The maximum atomic E-state index is 8.77. The van der Waals surface area contributed by atoms with Gasteiger partial charge in [0.05, 0.1) is 13.2 Å². The largest absolute Gasteiger partial charge is 0.490 e. The summed E-state index contributed by atoms with van der Waals surface area (Å²) in [7, 11) is 0. The molecule has 0 saturated carbocycles. The van der Waals surface area contributed by atoms with E-state index in [1.54, 1.807) is 0 Å². The highest BCUT2D eigenvalue weighted by molar-refractivity contribution is 5.43. The zero-order valence-corrected chi connectivity index (χ0v) is 11.4. The summed E-state index contributed by atoms with van der Waals surface area (Å²) in [6, 6.07) is 5.74. The first-order valence-electron chi connectivity index (χ1n) is 6.62. The monoisotopic (exact) mass is 269 g/mol. The van der Waals surface area contributed by atoms with Crippen molar-refractivity contribution in [3.63, 3.8) is 0 Å². The Morgan fingerprint density at radius 1 is 1.11 bits per heavy atom. The zero-order chi connectivity index (χ0) is 13.9. The van der Waals surface area contributed by atoms with Crippen molar-refractivity contribution in [2.24, 2.45) is 0 Å². The van der Waals surface area contributed by atoms with E-state index in [0.29, 0.717) is 18.1 Å². The minimum atomic E-state index is -0.0178. The van der Waals surface area contributed by atoms with Crippen molar-refractivity contribution in [1.82, 2.24) is 5.32 Å². The van der Waals surface area contributed by atoms with Gasteiger partial charge in [-0.05, 0) is 37.6 Å². The van der Waals surface area contributed by atoms with Gasteiger partial charge in [0.2, 0.25) is 0 Å². The number of nitrogens with one attached hydrogen (secondary N) is 1. The quantitative estimate of drug-likeness (QED) is 0.551. The van der Waals surface area contributed by atoms with E-state index in [1.165, 1.54) is 0 Å². The van der Waals surface area contributed by atoms with Crippen LogP contribution in [0.15, 0.2) is 18.2 Å². The number of hydrogen-bond donors (Lipinski definition) is 3. The Morgan fingerprint density at radius 2 is 1.95 bits per heavy atom. The molecule has 0 bridgehead atoms. The fourth-order valence-corrected chi connectivity index (χ4v) is 1.64. The lowest BCUT2D eigenvalue weighted by Gasteiger charge is -2.13. The van der Waals surface area contributed by atoms with Gasteiger partial charge in [-0.2, -0.15) is 0 Å². The standard InChI is InChI=1S/C14H23NO4/c1-2-18-14-10-12(11-15-6-3-7-16)4-5-13(14)19-9-8-17/h4-5,10,15-17H,2-3,6-9,11H2,1H3. The summed E-state index contributed by atoms with van der Waals surface area (Å²) in [5, 5.41) is 20.7. The first-order valence-corrected chi connectivity index (χ1v) is 6.62. The number of aliphatic hydroxyl groups excluding tert-OH is 2. The average Bonchev–Trinajstić information content (AvgIpc) is 2.43. The molecule has 0 fully saturated rings. The van der Waals surface area contributed by atoms with Crippen LogP contribution in [0.5, 0.6) is 11.5 Å². The van der Waals surface area contributed by atoms with Crippen molar-refractivity contribution in [1.29, 1.82) is 0 Å². The van der Waals surface area contributed by atoms with Gasteiger partial charge in [0.25, 0.3) is 0 Å². The molecule has 0 amide bonds. The van der Waals surface area contributed by atoms with Gasteiger partial charge >= 0.3 is 0 Å². The predicted octanol–water partition coefficient (Wildman–Crippen LogP) is 0.928. The van der Waals surface area contributed by atoms with Gasteiger partial charge in [0, 0.05) is 13.2 Å². The van der Waals surface area contributed by atoms with Crippen LogP contribution in [0, 0.1) is 0 Å². The molecule has 5 heteroatoms. The van der Waals surface area contributed by atoms with Gasteiger partial charge in [-0.15, -0.1) is 0 Å². The molecular formula is C14H23NO4. The van der Waals surface area contributed by atoms with Crippen molar-refractivity contribution < 1.29 is 19.7 Å². The Hall–Kier alpha value is -1.30. The topological polar surface area (TPSA) is 71.0 Å². The molecular weight excluding hydrogens is 246 g/mol. The molecule has 5 nitrogen and oxygen atoms in total. The Labute approximate surface area is 114 Å². The third-order valence-corrected chi connectivity index (χ3v) is 2.50. The van der Waals surface area contributed by atoms with Crippen molar-refractivity contribution in [3.8, 4) is 11.5 Å². The first-order chi connectivity index (χ1) is 9.31. The second-order valence-electron chi connectivity index (χ2n) is 4.04. The minimum Gasteiger partial charge on any atom is -0.490 e. The molecule has 19 heavy (non-hydrogen) atoms. The van der Waals surface area contributed by atoms with Crippen molar-refractivity contribution in [3.05, 3.63) is 23.8 Å². The van der Waals surface area contributed by atoms with Crippen LogP contribution in [0.25, 0.3) is 0 Å². The van der Waals surface area contributed by atoms with E-state index >= 15 is 0 Å². The smallest absolute Gasteiger partial charge is 0.161 e. The third-order valence-electron chi connectivity index (χ3n) is 2.50. The molecule has 0 aliphatic carbocycles. The van der Waals surface area contributed by atoms with Gasteiger partial charge in [0.1, 0.15) is 6.61 Å². The molecule has 0 atom stereocenters. The summed E-state index contributed by atoms with van der Waals surface area (Å²) in [6.07, 6.45) is 0.746. The molecule has 0 aromatic heterocycles. The van der Waals surface area contributed by atoms with Crippen molar-refractivity contribution in [2.75, 3.05) is 33.0 Å². The molecule has 0 spiro atoms. The molecule has 1 rings (SSSR count). The summed E-state index contributed by atoms with van der Waals surface area (Å²) in [5.41, 5.74) is 1.10. The summed E-state index contributed by atoms with van der Waals surface area (Å²) in [4.78, 5) is 0. The Kier molecular flexibility index (Phi) is 7.97. The summed E-state index contributed by atoms with van der Waals surface area (Å²) < 4.78 is 10.9. The molecule has 0 saturated heterocycles. The van der Waals surface area contributed by atoms with Gasteiger partial charge in [0.15, 0.2) is 11.5 Å². The van der Waals surface area contributed by atoms with E-state index in [0.717, 1.165) is 25.1 Å². The Bertz CT molecular complexity index is 357. The Morgan fingerprint density at radius 3 is 2.63 bits per heavy atom. The van der Waals surface area contributed by atoms with E-state index in [9.17, 15) is 0 Å². The van der Waals surface area contributed by atoms with Gasteiger partial charge < -0.3 is 25.0 Å². The Balaban J connectivity index is 2.60. The average molecular weight is 269 g/mol. The summed E-state index contributed by atoms with van der Waals surface area (Å²) >= 11 is 0. The van der Waals surface area contributed by atoms with Crippen molar-refractivity contribution >= 4 is 0 Å². The van der Waals surface area contributed by atoms with E-state index in [1.807, 2.05) is 25.1 Å². The van der Waals surface area contributed by atoms with Crippen LogP contribution in [0.3, 0.4) is 0 Å². The summed E-state index contributed by atoms with van der Waals surface area (Å²) in [5.74, 6) is 1.34. The van der Waals surface area contributed by atoms with Crippen LogP contribution in [-0.4, -0.2) is 43.2 Å².